The summed E-state index contributed by atoms with van der Waals surface area (Å²) in [4.78, 5) is 10.6. The van der Waals surface area contributed by atoms with Crippen LogP contribution in [0.1, 0.15) is 19.8 Å². The first-order valence-electron chi connectivity index (χ1n) is 2.96. The summed E-state index contributed by atoms with van der Waals surface area (Å²) in [5, 5.41) is 0. The predicted molar refractivity (Wildman–Crippen MR) is 37.9 cm³/mol. The van der Waals surface area contributed by atoms with Crippen molar-refractivity contribution in [1.29, 1.82) is 0 Å². The molecule has 0 bridgehead atoms. The molecule has 0 rings (SSSR count). The van der Waals surface area contributed by atoms with Gasteiger partial charge in [-0.05, 0) is 6.42 Å². The Kier molecular flexibility index (Phi) is 3.35. The number of hydrogen-bond acceptors (Lipinski definition) is 3. The van der Waals surface area contributed by atoms with Crippen molar-refractivity contribution >= 4 is 15.9 Å². The standard InChI is InChI=1S/C5H11NO3S/c1-3-4-5(7)6-10(2,8)9/h3-4H2,1-2H3,(H,6,7). The number of nitrogens with one attached hydrogen (secondary N) is 1. The Balaban J connectivity index is 3.82. The van der Waals surface area contributed by atoms with Gasteiger partial charge in [-0.1, -0.05) is 6.92 Å². The van der Waals surface area contributed by atoms with Crippen molar-refractivity contribution in [3.63, 3.8) is 0 Å². The normalized spacial score (nSPS) is 11.0. The summed E-state index contributed by atoms with van der Waals surface area (Å²) < 4.78 is 22.6. The Morgan fingerprint density at radius 2 is 2.00 bits per heavy atom. The van der Waals surface area contributed by atoms with E-state index in [1.165, 1.54) is 0 Å². The predicted octanol–water partition coefficient (Wildman–Crippen LogP) is -0.138. The fraction of sp³-hybridized carbons (Fsp3) is 0.800. The van der Waals surface area contributed by atoms with E-state index in [2.05, 4.69) is 0 Å². The minimum Gasteiger partial charge on any atom is -0.274 e. The van der Waals surface area contributed by atoms with E-state index >= 15 is 0 Å². The molecule has 10 heavy (non-hydrogen) atoms. The third-order valence-corrected chi connectivity index (χ3v) is 1.37. The molecule has 0 aliphatic rings. The Labute approximate surface area is 60.7 Å². The van der Waals surface area contributed by atoms with Crippen LogP contribution < -0.4 is 4.72 Å². The number of sulfonamides is 1. The highest BCUT2D eigenvalue weighted by molar-refractivity contribution is 7.89. The molecule has 0 aliphatic carbocycles. The minimum absolute atomic E-state index is 0.257. The van der Waals surface area contributed by atoms with Crippen molar-refractivity contribution in [2.45, 2.75) is 19.8 Å². The summed E-state index contributed by atoms with van der Waals surface area (Å²) in [6.45, 7) is 1.81. The highest BCUT2D eigenvalue weighted by Crippen LogP contribution is 1.86. The molecular formula is C5H11NO3S. The largest absolute Gasteiger partial charge is 0.274 e. The lowest BCUT2D eigenvalue weighted by Crippen LogP contribution is -2.28. The summed E-state index contributed by atoms with van der Waals surface area (Å²) in [5.74, 6) is -0.440. The molecule has 0 heterocycles. The maximum atomic E-state index is 10.6. The average Bonchev–Trinajstić information content (AvgIpc) is 1.59. The fourth-order valence-electron chi connectivity index (χ4n) is 0.485. The quantitative estimate of drug-likeness (QED) is 0.633. The van der Waals surface area contributed by atoms with Gasteiger partial charge in [-0.3, -0.25) is 9.52 Å². The minimum atomic E-state index is -3.35. The van der Waals surface area contributed by atoms with E-state index in [-0.39, 0.29) is 6.42 Å². The van der Waals surface area contributed by atoms with Crippen LogP contribution in [0.25, 0.3) is 0 Å². The first kappa shape index (κ1) is 9.42. The second-order valence-electron chi connectivity index (χ2n) is 2.05. The van der Waals surface area contributed by atoms with Crippen molar-refractivity contribution < 1.29 is 13.2 Å². The third kappa shape index (κ3) is 5.55. The third-order valence-electron chi connectivity index (χ3n) is 0.776. The zero-order chi connectivity index (χ0) is 8.20. The summed E-state index contributed by atoms with van der Waals surface area (Å²) >= 11 is 0. The second kappa shape index (κ2) is 3.55. The second-order valence-corrected chi connectivity index (χ2v) is 3.80. The molecule has 1 N–H and O–H groups in total. The molecular weight excluding hydrogens is 154 g/mol. The highest BCUT2D eigenvalue weighted by Gasteiger charge is 2.05. The summed E-state index contributed by atoms with van der Waals surface area (Å²) in [5.41, 5.74) is 0. The molecule has 1 amide bonds. The van der Waals surface area contributed by atoms with Crippen molar-refractivity contribution in [3.8, 4) is 0 Å². The molecule has 0 aromatic carbocycles. The van der Waals surface area contributed by atoms with E-state index in [9.17, 15) is 13.2 Å². The number of amides is 1. The Morgan fingerprint density at radius 3 is 2.30 bits per heavy atom. The van der Waals surface area contributed by atoms with Crippen LogP contribution >= 0.6 is 0 Å². The molecule has 0 fully saturated rings. The lowest BCUT2D eigenvalue weighted by molar-refractivity contribution is -0.119. The SMILES string of the molecule is CCCC(=O)NS(C)(=O)=O. The van der Waals surface area contributed by atoms with Gasteiger partial charge in [0.2, 0.25) is 15.9 Å². The molecule has 0 saturated carbocycles. The molecule has 0 atom stereocenters. The van der Waals surface area contributed by atoms with Crippen LogP contribution in [0.5, 0.6) is 0 Å². The monoisotopic (exact) mass is 165 g/mol. The van der Waals surface area contributed by atoms with Gasteiger partial charge in [-0.2, -0.15) is 0 Å². The summed E-state index contributed by atoms with van der Waals surface area (Å²) in [7, 11) is -3.35. The van der Waals surface area contributed by atoms with Gasteiger partial charge in [-0.15, -0.1) is 0 Å². The van der Waals surface area contributed by atoms with Crippen LogP contribution in [0.4, 0.5) is 0 Å². The van der Waals surface area contributed by atoms with E-state index in [0.717, 1.165) is 6.26 Å². The van der Waals surface area contributed by atoms with Gasteiger partial charge >= 0.3 is 0 Å². The van der Waals surface area contributed by atoms with Gasteiger partial charge in [-0.25, -0.2) is 8.42 Å². The van der Waals surface area contributed by atoms with Crippen LogP contribution in [0, 0.1) is 0 Å². The van der Waals surface area contributed by atoms with Crippen molar-refractivity contribution in [3.05, 3.63) is 0 Å². The number of carbonyl (C=O) groups excluding carboxylic acids is 1. The van der Waals surface area contributed by atoms with Crippen LogP contribution in [-0.4, -0.2) is 20.6 Å². The van der Waals surface area contributed by atoms with E-state index in [4.69, 9.17) is 0 Å². The molecule has 0 aromatic heterocycles. The lowest BCUT2D eigenvalue weighted by Gasteiger charge is -1.98. The molecule has 60 valence electrons. The van der Waals surface area contributed by atoms with Crippen molar-refractivity contribution in [1.82, 2.24) is 4.72 Å². The molecule has 0 aromatic rings. The summed E-state index contributed by atoms with van der Waals surface area (Å²) in [6, 6.07) is 0. The van der Waals surface area contributed by atoms with Crippen LogP contribution in [0.15, 0.2) is 0 Å². The van der Waals surface area contributed by atoms with Crippen LogP contribution in [-0.2, 0) is 14.8 Å². The number of hydrogen-bond donors (Lipinski definition) is 1. The van der Waals surface area contributed by atoms with Gasteiger partial charge in [0.25, 0.3) is 0 Å². The molecule has 0 spiro atoms. The average molecular weight is 165 g/mol. The molecule has 0 saturated heterocycles. The highest BCUT2D eigenvalue weighted by atomic mass is 32.2. The Hall–Kier alpha value is -0.580. The van der Waals surface area contributed by atoms with Crippen LogP contribution in [0.3, 0.4) is 0 Å². The molecule has 4 nitrogen and oxygen atoms in total. The molecule has 5 heteroatoms. The number of rotatable bonds is 3. The van der Waals surface area contributed by atoms with Gasteiger partial charge in [0.1, 0.15) is 0 Å². The molecule has 0 unspecified atom stereocenters. The lowest BCUT2D eigenvalue weighted by atomic mass is 10.3. The van der Waals surface area contributed by atoms with Crippen LogP contribution in [0.2, 0.25) is 0 Å². The van der Waals surface area contributed by atoms with E-state index in [1.807, 2.05) is 11.6 Å². The Bertz CT molecular complexity index is 207. The van der Waals surface area contributed by atoms with Gasteiger partial charge in [0.15, 0.2) is 0 Å². The van der Waals surface area contributed by atoms with Gasteiger partial charge in [0.05, 0.1) is 6.26 Å². The van der Waals surface area contributed by atoms with Gasteiger partial charge in [0, 0.05) is 6.42 Å². The van der Waals surface area contributed by atoms with E-state index in [0.29, 0.717) is 6.42 Å². The first-order valence-corrected chi connectivity index (χ1v) is 4.85. The smallest absolute Gasteiger partial charge is 0.233 e. The zero-order valence-electron chi connectivity index (χ0n) is 6.05. The Morgan fingerprint density at radius 1 is 1.50 bits per heavy atom. The van der Waals surface area contributed by atoms with Gasteiger partial charge < -0.3 is 0 Å². The maximum Gasteiger partial charge on any atom is 0.233 e. The fourth-order valence-corrected chi connectivity index (χ4v) is 1.00. The zero-order valence-corrected chi connectivity index (χ0v) is 6.86. The van der Waals surface area contributed by atoms with E-state index < -0.39 is 15.9 Å². The molecule has 0 radical (unpaired) electrons. The first-order chi connectivity index (χ1) is 4.45. The topological polar surface area (TPSA) is 63.2 Å². The van der Waals surface area contributed by atoms with E-state index in [1.54, 1.807) is 0 Å². The summed E-state index contributed by atoms with van der Waals surface area (Å²) in [6.07, 6.45) is 1.87. The number of carbonyl (C=O) groups is 1. The molecule has 0 aliphatic heterocycles. The maximum absolute atomic E-state index is 10.6. The van der Waals surface area contributed by atoms with Crippen molar-refractivity contribution in [2.75, 3.05) is 6.26 Å². The van der Waals surface area contributed by atoms with Crippen molar-refractivity contribution in [2.24, 2.45) is 0 Å².